The Kier molecular flexibility index (Phi) is 5.33. The summed E-state index contributed by atoms with van der Waals surface area (Å²) in [5.74, 6) is 6.45. The molecule has 0 spiro atoms. The molecule has 0 saturated carbocycles. The van der Waals surface area contributed by atoms with Crippen LogP contribution in [0.5, 0.6) is 0 Å². The van der Waals surface area contributed by atoms with Gasteiger partial charge in [-0.1, -0.05) is 61.6 Å². The SMILES string of the molecule is C/C=C(\C#CCCCC)c1ccccc1. The van der Waals surface area contributed by atoms with Crippen LogP contribution in [0.2, 0.25) is 0 Å². The fourth-order valence-electron chi connectivity index (χ4n) is 1.35. The van der Waals surface area contributed by atoms with Gasteiger partial charge in [0.1, 0.15) is 0 Å². The Morgan fingerprint density at radius 2 is 2.00 bits per heavy atom. The third kappa shape index (κ3) is 4.04. The molecule has 0 saturated heterocycles. The number of benzene rings is 1. The Morgan fingerprint density at radius 3 is 2.60 bits per heavy atom. The van der Waals surface area contributed by atoms with Crippen molar-refractivity contribution in [3.8, 4) is 11.8 Å². The molecule has 15 heavy (non-hydrogen) atoms. The Labute approximate surface area is 93.0 Å². The van der Waals surface area contributed by atoms with Crippen LogP contribution in [0, 0.1) is 11.8 Å². The van der Waals surface area contributed by atoms with Gasteiger partial charge in [0.15, 0.2) is 0 Å². The summed E-state index contributed by atoms with van der Waals surface area (Å²) in [6, 6.07) is 10.3. The Balaban J connectivity index is 2.69. The second kappa shape index (κ2) is 6.90. The van der Waals surface area contributed by atoms with E-state index in [1.165, 1.54) is 18.4 Å². The Bertz CT molecular complexity index is 360. The highest BCUT2D eigenvalue weighted by Gasteiger charge is 1.93. The van der Waals surface area contributed by atoms with E-state index in [9.17, 15) is 0 Å². The first kappa shape index (κ1) is 11.6. The first-order valence-corrected chi connectivity index (χ1v) is 5.59. The zero-order valence-corrected chi connectivity index (χ0v) is 9.59. The van der Waals surface area contributed by atoms with Gasteiger partial charge in [0.05, 0.1) is 0 Å². The minimum absolute atomic E-state index is 1.00. The molecule has 0 fully saturated rings. The summed E-state index contributed by atoms with van der Waals surface area (Å²) in [6.07, 6.45) is 5.49. The predicted octanol–water partition coefficient (Wildman–Crippen LogP) is 4.28. The molecule has 1 rings (SSSR count). The van der Waals surface area contributed by atoms with Crippen LogP contribution in [-0.2, 0) is 0 Å². The van der Waals surface area contributed by atoms with Crippen molar-refractivity contribution in [1.29, 1.82) is 0 Å². The van der Waals surface area contributed by atoms with Gasteiger partial charge in [-0.3, -0.25) is 0 Å². The normalized spacial score (nSPS) is 10.7. The summed E-state index contributed by atoms with van der Waals surface area (Å²) < 4.78 is 0. The lowest BCUT2D eigenvalue weighted by atomic mass is 10.1. The average molecular weight is 198 g/mol. The highest BCUT2D eigenvalue weighted by molar-refractivity contribution is 5.78. The lowest BCUT2D eigenvalue weighted by Gasteiger charge is -1.97. The predicted molar refractivity (Wildman–Crippen MR) is 67.4 cm³/mol. The zero-order valence-electron chi connectivity index (χ0n) is 9.59. The molecule has 0 bridgehead atoms. The second-order valence-electron chi connectivity index (χ2n) is 3.47. The van der Waals surface area contributed by atoms with Crippen LogP contribution in [0.15, 0.2) is 36.4 Å². The van der Waals surface area contributed by atoms with Crippen molar-refractivity contribution < 1.29 is 0 Å². The standard InChI is InChI=1S/C15H18/c1-3-5-6-8-11-14(4-2)15-12-9-7-10-13-15/h4,7,9-10,12-13H,3,5-6H2,1-2H3/b14-4+. The molecule has 0 N–H and O–H groups in total. The molecular formula is C15H18. The monoisotopic (exact) mass is 198 g/mol. The zero-order chi connectivity index (χ0) is 10.9. The van der Waals surface area contributed by atoms with E-state index in [0.717, 1.165) is 12.0 Å². The van der Waals surface area contributed by atoms with Gasteiger partial charge in [-0.2, -0.15) is 0 Å². The van der Waals surface area contributed by atoms with Crippen LogP contribution >= 0.6 is 0 Å². The average Bonchev–Trinajstić information content (AvgIpc) is 2.30. The lowest BCUT2D eigenvalue weighted by molar-refractivity contribution is 0.828. The van der Waals surface area contributed by atoms with Gasteiger partial charge in [-0.05, 0) is 18.9 Å². The van der Waals surface area contributed by atoms with Gasteiger partial charge >= 0.3 is 0 Å². The maximum atomic E-state index is 3.23. The van der Waals surface area contributed by atoms with Crippen LogP contribution in [-0.4, -0.2) is 0 Å². The van der Waals surface area contributed by atoms with Crippen LogP contribution in [0.25, 0.3) is 5.57 Å². The first-order valence-electron chi connectivity index (χ1n) is 5.59. The van der Waals surface area contributed by atoms with Crippen molar-refractivity contribution in [2.75, 3.05) is 0 Å². The van der Waals surface area contributed by atoms with E-state index in [1.54, 1.807) is 0 Å². The Morgan fingerprint density at radius 1 is 1.27 bits per heavy atom. The van der Waals surface area contributed by atoms with E-state index in [4.69, 9.17) is 0 Å². The molecule has 0 aliphatic heterocycles. The van der Waals surface area contributed by atoms with E-state index >= 15 is 0 Å². The highest BCUT2D eigenvalue weighted by Crippen LogP contribution is 2.12. The molecule has 1 aromatic rings. The summed E-state index contributed by atoms with van der Waals surface area (Å²) in [5, 5.41) is 0. The fourth-order valence-corrected chi connectivity index (χ4v) is 1.35. The highest BCUT2D eigenvalue weighted by atomic mass is 14.0. The minimum Gasteiger partial charge on any atom is -0.0979 e. The van der Waals surface area contributed by atoms with Gasteiger partial charge in [-0.15, -0.1) is 0 Å². The third-order valence-corrected chi connectivity index (χ3v) is 2.25. The number of hydrogen-bond acceptors (Lipinski definition) is 0. The lowest BCUT2D eigenvalue weighted by Crippen LogP contribution is -1.79. The van der Waals surface area contributed by atoms with Crippen LogP contribution in [0.3, 0.4) is 0 Å². The molecule has 0 aromatic heterocycles. The second-order valence-corrected chi connectivity index (χ2v) is 3.47. The van der Waals surface area contributed by atoms with Gasteiger partial charge in [0, 0.05) is 12.0 Å². The van der Waals surface area contributed by atoms with Crippen LogP contribution in [0.1, 0.15) is 38.7 Å². The van der Waals surface area contributed by atoms with E-state index in [-0.39, 0.29) is 0 Å². The molecule has 0 unspecified atom stereocenters. The van der Waals surface area contributed by atoms with Crippen LogP contribution in [0.4, 0.5) is 0 Å². The number of allylic oxidation sites excluding steroid dienone is 2. The molecule has 78 valence electrons. The summed E-state index contributed by atoms with van der Waals surface area (Å²) >= 11 is 0. The largest absolute Gasteiger partial charge is 0.0979 e. The van der Waals surface area contributed by atoms with Crippen molar-refractivity contribution in [1.82, 2.24) is 0 Å². The topological polar surface area (TPSA) is 0 Å². The third-order valence-electron chi connectivity index (χ3n) is 2.25. The van der Waals surface area contributed by atoms with E-state index in [1.807, 2.05) is 25.1 Å². The molecular weight excluding hydrogens is 180 g/mol. The number of unbranched alkanes of at least 4 members (excludes halogenated alkanes) is 2. The maximum Gasteiger partial charge on any atom is 0.0275 e. The van der Waals surface area contributed by atoms with Gasteiger partial charge in [-0.25, -0.2) is 0 Å². The Hall–Kier alpha value is -1.48. The molecule has 0 nitrogen and oxygen atoms in total. The first-order chi connectivity index (χ1) is 7.38. The summed E-state index contributed by atoms with van der Waals surface area (Å²) in [5.41, 5.74) is 2.34. The van der Waals surface area contributed by atoms with Crippen molar-refractivity contribution in [3.05, 3.63) is 42.0 Å². The van der Waals surface area contributed by atoms with Gasteiger partial charge in [0.2, 0.25) is 0 Å². The van der Waals surface area contributed by atoms with Crippen molar-refractivity contribution in [3.63, 3.8) is 0 Å². The molecule has 0 aliphatic rings. The summed E-state index contributed by atoms with van der Waals surface area (Å²) in [4.78, 5) is 0. The number of hydrogen-bond donors (Lipinski definition) is 0. The summed E-state index contributed by atoms with van der Waals surface area (Å²) in [7, 11) is 0. The van der Waals surface area contributed by atoms with E-state index < -0.39 is 0 Å². The quantitative estimate of drug-likeness (QED) is 0.502. The summed E-state index contributed by atoms with van der Waals surface area (Å²) in [6.45, 7) is 4.23. The van der Waals surface area contributed by atoms with Gasteiger partial charge < -0.3 is 0 Å². The molecule has 0 heteroatoms. The van der Waals surface area contributed by atoms with Crippen molar-refractivity contribution in [2.24, 2.45) is 0 Å². The molecule has 0 heterocycles. The van der Waals surface area contributed by atoms with Crippen molar-refractivity contribution in [2.45, 2.75) is 33.1 Å². The van der Waals surface area contributed by atoms with Crippen LogP contribution < -0.4 is 0 Å². The molecule has 0 aliphatic carbocycles. The molecule has 0 amide bonds. The van der Waals surface area contributed by atoms with E-state index in [0.29, 0.717) is 0 Å². The van der Waals surface area contributed by atoms with Crippen molar-refractivity contribution >= 4 is 5.57 Å². The molecule has 1 aromatic carbocycles. The fraction of sp³-hybridized carbons (Fsp3) is 0.333. The van der Waals surface area contributed by atoms with Gasteiger partial charge in [0.25, 0.3) is 0 Å². The molecule has 0 atom stereocenters. The smallest absolute Gasteiger partial charge is 0.0275 e. The number of rotatable bonds is 3. The van der Waals surface area contributed by atoms with E-state index in [2.05, 4.69) is 37.0 Å². The molecule has 0 radical (unpaired) electrons. The maximum absolute atomic E-state index is 3.23. The minimum atomic E-state index is 1.00.